The summed E-state index contributed by atoms with van der Waals surface area (Å²) in [6.45, 7) is 2.44. The number of rotatable bonds is 7. The number of anilines is 3. The fourth-order valence-electron chi connectivity index (χ4n) is 3.06. The van der Waals surface area contributed by atoms with E-state index in [-0.39, 0.29) is 45.2 Å². The zero-order chi connectivity index (χ0) is 21.3. The van der Waals surface area contributed by atoms with Gasteiger partial charge in [0.2, 0.25) is 0 Å². The summed E-state index contributed by atoms with van der Waals surface area (Å²) in [5.74, 6) is 0.0335. The van der Waals surface area contributed by atoms with Crippen LogP contribution in [-0.4, -0.2) is 47.5 Å². The Hall–Kier alpha value is -2.81. The molecule has 3 rings (SSSR count). The number of ether oxygens (including phenoxy) is 1. The number of phenolic OH excluding ortho intramolecular Hbond substituents is 1. The van der Waals surface area contributed by atoms with Gasteiger partial charge in [-0.05, 0) is 24.6 Å². The van der Waals surface area contributed by atoms with Crippen LogP contribution in [0.2, 0.25) is 0 Å². The van der Waals surface area contributed by atoms with E-state index in [1.54, 1.807) is 20.2 Å². The van der Waals surface area contributed by atoms with Crippen LogP contribution in [0, 0.1) is 0 Å². The number of alkyl halides is 1. The summed E-state index contributed by atoms with van der Waals surface area (Å²) in [6.07, 6.45) is 2.56. The van der Waals surface area contributed by atoms with E-state index in [2.05, 4.69) is 26.6 Å². The Morgan fingerprint density at radius 2 is 2.00 bits per heavy atom. The van der Waals surface area contributed by atoms with Crippen molar-refractivity contribution in [1.82, 2.24) is 4.90 Å². The van der Waals surface area contributed by atoms with Crippen molar-refractivity contribution in [3.63, 3.8) is 0 Å². The molecule has 9 heteroatoms. The Labute approximate surface area is 176 Å². The molecule has 1 aliphatic rings. The number of para-hydroxylation sites is 1. The van der Waals surface area contributed by atoms with Crippen molar-refractivity contribution < 1.29 is 14.6 Å². The van der Waals surface area contributed by atoms with Crippen molar-refractivity contribution in [2.24, 2.45) is 0 Å². The molecule has 0 radical (unpaired) electrons. The number of aromatic hydroxyl groups is 1. The van der Waals surface area contributed by atoms with Gasteiger partial charge in [-0.25, -0.2) is 0 Å². The summed E-state index contributed by atoms with van der Waals surface area (Å²) in [7, 11) is 3.14. The molecule has 0 bridgehead atoms. The van der Waals surface area contributed by atoms with Gasteiger partial charge in [0.15, 0.2) is 5.75 Å². The molecule has 2 atom stereocenters. The summed E-state index contributed by atoms with van der Waals surface area (Å²) in [6, 6.07) is 4.33. The van der Waals surface area contributed by atoms with E-state index in [1.807, 2.05) is 13.0 Å². The van der Waals surface area contributed by atoms with Gasteiger partial charge in [-0.3, -0.25) is 14.4 Å². The van der Waals surface area contributed by atoms with Gasteiger partial charge in [0.25, 0.3) is 16.8 Å². The molecule has 2 aromatic rings. The first-order valence-electron chi connectivity index (χ1n) is 9.13. The van der Waals surface area contributed by atoms with E-state index in [1.165, 1.54) is 17.0 Å². The van der Waals surface area contributed by atoms with Gasteiger partial charge in [0.05, 0.1) is 22.1 Å². The Morgan fingerprint density at radius 3 is 2.59 bits per heavy atom. The standard InChI is InChI=1S/C20H22BrN3O5/c1-4-12(14-8-10(21)9-29-14)22-15-16(19(27)18(15)26)23-13-7-5-6-11(17(13)25)20(28)24(2)3/h5-8,10,12,22-23,25H,4,9H2,1-3H3. The molecule has 1 aliphatic heterocycles. The van der Waals surface area contributed by atoms with E-state index in [0.717, 1.165) is 0 Å². The monoisotopic (exact) mass is 463 g/mol. The highest BCUT2D eigenvalue weighted by Crippen LogP contribution is 2.33. The number of nitrogens with one attached hydrogen (secondary N) is 2. The maximum Gasteiger partial charge on any atom is 0.257 e. The van der Waals surface area contributed by atoms with Crippen molar-refractivity contribution >= 4 is 38.9 Å². The molecule has 154 valence electrons. The molecule has 0 saturated heterocycles. The highest BCUT2D eigenvalue weighted by atomic mass is 79.9. The summed E-state index contributed by atoms with van der Waals surface area (Å²) in [4.78, 5) is 37.9. The second-order valence-electron chi connectivity index (χ2n) is 6.94. The average Bonchev–Trinajstić information content (AvgIpc) is 3.13. The van der Waals surface area contributed by atoms with Gasteiger partial charge in [-0.15, -0.1) is 0 Å². The average molecular weight is 464 g/mol. The predicted octanol–water partition coefficient (Wildman–Crippen LogP) is 2.30. The van der Waals surface area contributed by atoms with Crippen molar-refractivity contribution in [3.8, 4) is 5.75 Å². The lowest BCUT2D eigenvalue weighted by molar-refractivity contribution is 0.0824. The highest BCUT2D eigenvalue weighted by Gasteiger charge is 2.28. The molecule has 0 fully saturated rings. The van der Waals surface area contributed by atoms with Gasteiger partial charge in [-0.2, -0.15) is 0 Å². The molecule has 3 N–H and O–H groups in total. The molecule has 1 heterocycles. The van der Waals surface area contributed by atoms with Gasteiger partial charge >= 0.3 is 0 Å². The van der Waals surface area contributed by atoms with Gasteiger partial charge in [0, 0.05) is 14.1 Å². The van der Waals surface area contributed by atoms with Gasteiger partial charge < -0.3 is 25.4 Å². The number of phenols is 1. The minimum atomic E-state index is -0.689. The first-order valence-corrected chi connectivity index (χ1v) is 10.0. The smallest absolute Gasteiger partial charge is 0.257 e. The minimum Gasteiger partial charge on any atom is -0.505 e. The maximum absolute atomic E-state index is 12.2. The second-order valence-corrected chi connectivity index (χ2v) is 8.11. The van der Waals surface area contributed by atoms with Crippen LogP contribution >= 0.6 is 15.9 Å². The molecular weight excluding hydrogens is 442 g/mol. The fourth-order valence-corrected chi connectivity index (χ4v) is 3.45. The van der Waals surface area contributed by atoms with Crippen LogP contribution in [-0.2, 0) is 4.74 Å². The van der Waals surface area contributed by atoms with Gasteiger partial charge in [-0.1, -0.05) is 28.9 Å². The van der Waals surface area contributed by atoms with Crippen molar-refractivity contribution in [3.05, 3.63) is 56.0 Å². The Balaban J connectivity index is 1.87. The van der Waals surface area contributed by atoms with Gasteiger partial charge in [0.1, 0.15) is 23.7 Å². The quantitative estimate of drug-likeness (QED) is 0.328. The molecule has 8 nitrogen and oxygen atoms in total. The number of hydrogen-bond donors (Lipinski definition) is 3. The normalized spacial score (nSPS) is 16.8. The molecule has 0 aliphatic carbocycles. The van der Waals surface area contributed by atoms with Crippen molar-refractivity contribution in [1.29, 1.82) is 0 Å². The second kappa shape index (κ2) is 8.28. The van der Waals surface area contributed by atoms with Crippen LogP contribution in [0.3, 0.4) is 0 Å². The third-order valence-electron chi connectivity index (χ3n) is 4.67. The van der Waals surface area contributed by atoms with E-state index in [4.69, 9.17) is 4.74 Å². The maximum atomic E-state index is 12.2. The van der Waals surface area contributed by atoms with E-state index < -0.39 is 10.9 Å². The first kappa shape index (κ1) is 20.9. The van der Waals surface area contributed by atoms with Crippen LogP contribution in [0.15, 0.2) is 39.6 Å². The van der Waals surface area contributed by atoms with Crippen LogP contribution in [0.4, 0.5) is 17.1 Å². The summed E-state index contributed by atoms with van der Waals surface area (Å²) in [5.41, 5.74) is -0.892. The Kier molecular flexibility index (Phi) is 5.97. The lowest BCUT2D eigenvalue weighted by Gasteiger charge is -2.22. The SMILES string of the molecule is CCC(Nc1c(Nc2cccc(C(=O)N(C)C)c2O)c(=O)c1=O)C1=CC(Br)CO1. The molecule has 0 saturated carbocycles. The van der Waals surface area contributed by atoms with E-state index >= 15 is 0 Å². The summed E-state index contributed by atoms with van der Waals surface area (Å²) < 4.78 is 5.62. The zero-order valence-electron chi connectivity index (χ0n) is 16.3. The third-order valence-corrected chi connectivity index (χ3v) is 5.20. The molecule has 2 unspecified atom stereocenters. The lowest BCUT2D eigenvalue weighted by atomic mass is 10.1. The molecule has 29 heavy (non-hydrogen) atoms. The summed E-state index contributed by atoms with van der Waals surface area (Å²) >= 11 is 3.45. The van der Waals surface area contributed by atoms with E-state index in [9.17, 15) is 19.5 Å². The molecule has 0 spiro atoms. The van der Waals surface area contributed by atoms with Crippen LogP contribution in [0.25, 0.3) is 0 Å². The Morgan fingerprint density at radius 1 is 1.31 bits per heavy atom. The van der Waals surface area contributed by atoms with Crippen LogP contribution < -0.4 is 21.5 Å². The fraction of sp³-hybridized carbons (Fsp3) is 0.350. The minimum absolute atomic E-state index is 0.0483. The Bertz CT molecular complexity index is 1040. The molecule has 2 aromatic carbocycles. The number of nitrogens with zero attached hydrogens (tertiary/aromatic N) is 1. The van der Waals surface area contributed by atoms with Crippen molar-refractivity contribution in [2.75, 3.05) is 31.3 Å². The molecular formula is C20H22BrN3O5. The number of carbonyl (C=O) groups is 1. The predicted molar refractivity (Wildman–Crippen MR) is 115 cm³/mol. The number of carbonyl (C=O) groups excluding carboxylic acids is 1. The number of amides is 1. The van der Waals surface area contributed by atoms with Crippen molar-refractivity contribution in [2.45, 2.75) is 24.2 Å². The number of benzene rings is 1. The number of hydrogen-bond acceptors (Lipinski definition) is 7. The van der Waals surface area contributed by atoms with E-state index in [0.29, 0.717) is 18.8 Å². The molecule has 1 amide bonds. The van der Waals surface area contributed by atoms with Crippen LogP contribution in [0.5, 0.6) is 5.75 Å². The zero-order valence-corrected chi connectivity index (χ0v) is 17.9. The summed E-state index contributed by atoms with van der Waals surface area (Å²) in [5, 5.41) is 16.3. The number of halogens is 1. The molecule has 0 aromatic heterocycles. The van der Waals surface area contributed by atoms with Crippen LogP contribution in [0.1, 0.15) is 23.7 Å². The largest absolute Gasteiger partial charge is 0.505 e. The lowest BCUT2D eigenvalue weighted by Crippen LogP contribution is -2.39. The highest BCUT2D eigenvalue weighted by molar-refractivity contribution is 9.09. The third kappa shape index (κ3) is 4.00. The topological polar surface area (TPSA) is 108 Å². The first-order chi connectivity index (χ1) is 13.7.